The Kier molecular flexibility index (Phi) is 6.17. The summed E-state index contributed by atoms with van der Waals surface area (Å²) in [6.07, 6.45) is -1.04. The van der Waals surface area contributed by atoms with Gasteiger partial charge < -0.3 is 4.74 Å². The third-order valence-electron chi connectivity index (χ3n) is 4.33. The Morgan fingerprint density at radius 2 is 1.87 bits per heavy atom. The molecule has 3 aromatic rings. The molecular weight excluding hydrogens is 456 g/mol. The highest BCUT2D eigenvalue weighted by atomic mass is 32.2. The zero-order valence-electron chi connectivity index (χ0n) is 16.8. The number of anilines is 2. The number of aromatic nitrogens is 2. The number of benzene rings is 2. The van der Waals surface area contributed by atoms with Crippen molar-refractivity contribution in [3.05, 3.63) is 54.6 Å². The molecule has 0 unspecified atom stereocenters. The molecule has 0 spiro atoms. The van der Waals surface area contributed by atoms with E-state index in [1.54, 1.807) is 54.2 Å². The lowest BCUT2D eigenvalue weighted by Gasteiger charge is -2.34. The number of hydrogen-bond donors (Lipinski definition) is 1. The zero-order chi connectivity index (χ0) is 22.0. The summed E-state index contributed by atoms with van der Waals surface area (Å²) in [5, 5.41) is 11.4. The monoisotopic (exact) mass is 476 g/mol. The van der Waals surface area contributed by atoms with Gasteiger partial charge >= 0.3 is 0 Å². The van der Waals surface area contributed by atoms with E-state index in [1.807, 2.05) is 13.8 Å². The zero-order valence-corrected chi connectivity index (χ0v) is 19.2. The number of carbonyl (C=O) groups excluding carboxylic acids is 1. The molecule has 2 aromatic carbocycles. The van der Waals surface area contributed by atoms with Gasteiger partial charge in [0.05, 0.1) is 17.1 Å². The van der Waals surface area contributed by atoms with E-state index in [2.05, 4.69) is 15.5 Å². The number of fused-ring (bicyclic) bond motifs is 1. The summed E-state index contributed by atoms with van der Waals surface area (Å²) in [7, 11) is -3.88. The van der Waals surface area contributed by atoms with Gasteiger partial charge in [0.25, 0.3) is 15.9 Å². The summed E-state index contributed by atoms with van der Waals surface area (Å²) in [4.78, 5) is 13.0. The summed E-state index contributed by atoms with van der Waals surface area (Å²) < 4.78 is 34.4. The number of ether oxygens (including phenoxy) is 1. The molecule has 162 valence electrons. The van der Waals surface area contributed by atoms with E-state index < -0.39 is 22.0 Å². The van der Waals surface area contributed by atoms with E-state index in [9.17, 15) is 13.2 Å². The molecule has 8 nitrogen and oxygen atoms in total. The Hall–Kier alpha value is -2.63. The summed E-state index contributed by atoms with van der Waals surface area (Å²) in [6, 6.07) is 14.9. The quantitative estimate of drug-likeness (QED) is 0.428. The number of para-hydroxylation sites is 2. The second-order valence-electron chi connectivity index (χ2n) is 6.95. The number of carbonyl (C=O) groups is 1. The van der Waals surface area contributed by atoms with Crippen molar-refractivity contribution in [2.24, 2.45) is 0 Å². The molecule has 0 saturated heterocycles. The summed E-state index contributed by atoms with van der Waals surface area (Å²) >= 11 is 2.81. The van der Waals surface area contributed by atoms with Crippen molar-refractivity contribution in [3.63, 3.8) is 0 Å². The first-order valence-corrected chi connectivity index (χ1v) is 12.6. The van der Waals surface area contributed by atoms with Gasteiger partial charge in [0.1, 0.15) is 5.75 Å². The minimum Gasteiger partial charge on any atom is -0.476 e. The minimum absolute atomic E-state index is 0.144. The van der Waals surface area contributed by atoms with E-state index in [1.165, 1.54) is 27.8 Å². The van der Waals surface area contributed by atoms with Crippen molar-refractivity contribution in [1.29, 1.82) is 0 Å². The smallest absolute Gasteiger partial charge is 0.269 e. The van der Waals surface area contributed by atoms with E-state index >= 15 is 0 Å². The predicted molar refractivity (Wildman–Crippen MR) is 121 cm³/mol. The van der Waals surface area contributed by atoms with Crippen LogP contribution in [0.2, 0.25) is 0 Å². The Morgan fingerprint density at radius 1 is 1.16 bits per heavy atom. The van der Waals surface area contributed by atoms with Crippen molar-refractivity contribution in [3.8, 4) is 5.75 Å². The van der Waals surface area contributed by atoms with Gasteiger partial charge in [0.2, 0.25) is 5.13 Å². The second-order valence-corrected chi connectivity index (χ2v) is 11.6. The van der Waals surface area contributed by atoms with Gasteiger partial charge in [0, 0.05) is 5.25 Å². The van der Waals surface area contributed by atoms with Gasteiger partial charge in [-0.3, -0.25) is 14.4 Å². The van der Waals surface area contributed by atoms with Crippen molar-refractivity contribution >= 4 is 49.8 Å². The van der Waals surface area contributed by atoms with Crippen LogP contribution in [-0.2, 0) is 14.8 Å². The molecule has 1 aliphatic heterocycles. The maximum Gasteiger partial charge on any atom is 0.269 e. The summed E-state index contributed by atoms with van der Waals surface area (Å²) in [5.74, 6) is -0.165. The molecule has 1 aromatic heterocycles. The van der Waals surface area contributed by atoms with Crippen LogP contribution in [-0.4, -0.2) is 42.4 Å². The van der Waals surface area contributed by atoms with Gasteiger partial charge in [-0.25, -0.2) is 8.42 Å². The van der Waals surface area contributed by atoms with Crippen LogP contribution in [0.15, 0.2) is 63.8 Å². The van der Waals surface area contributed by atoms with Crippen LogP contribution in [0.5, 0.6) is 5.75 Å². The van der Waals surface area contributed by atoms with Crippen LogP contribution < -0.4 is 14.4 Å². The number of thioether (sulfide) groups is 1. The van der Waals surface area contributed by atoms with E-state index in [0.717, 1.165) is 4.34 Å². The first kappa shape index (κ1) is 21.6. The molecule has 1 amide bonds. The molecule has 1 aliphatic rings. The molecule has 1 atom stereocenters. The van der Waals surface area contributed by atoms with Crippen LogP contribution in [0.3, 0.4) is 0 Å². The van der Waals surface area contributed by atoms with E-state index in [0.29, 0.717) is 21.8 Å². The molecule has 31 heavy (non-hydrogen) atoms. The molecule has 1 N–H and O–H groups in total. The summed E-state index contributed by atoms with van der Waals surface area (Å²) in [6.45, 7) is 3.92. The fourth-order valence-electron chi connectivity index (χ4n) is 2.98. The maximum atomic E-state index is 13.3. The maximum absolute atomic E-state index is 13.3. The van der Waals surface area contributed by atoms with Gasteiger partial charge in [-0.15, -0.1) is 10.2 Å². The average molecular weight is 477 g/mol. The van der Waals surface area contributed by atoms with E-state index in [-0.39, 0.29) is 11.4 Å². The largest absolute Gasteiger partial charge is 0.476 e. The highest BCUT2D eigenvalue weighted by Gasteiger charge is 2.37. The summed E-state index contributed by atoms with van der Waals surface area (Å²) in [5.41, 5.74) is 0.391. The fraction of sp³-hybridized carbons (Fsp3) is 0.250. The fourth-order valence-corrected chi connectivity index (χ4v) is 6.46. The molecular formula is C20H20N4O4S3. The topological polar surface area (TPSA) is 101 Å². The molecule has 0 fully saturated rings. The van der Waals surface area contributed by atoms with Gasteiger partial charge in [-0.1, -0.05) is 67.3 Å². The molecule has 0 radical (unpaired) electrons. The lowest BCUT2D eigenvalue weighted by Crippen LogP contribution is -2.48. The highest BCUT2D eigenvalue weighted by molar-refractivity contribution is 8.01. The second kappa shape index (κ2) is 8.85. The average Bonchev–Trinajstić information content (AvgIpc) is 3.19. The molecule has 11 heteroatoms. The molecule has 0 saturated carbocycles. The van der Waals surface area contributed by atoms with Gasteiger partial charge in [-0.05, 0) is 24.3 Å². The number of nitrogens with zero attached hydrogens (tertiary/aromatic N) is 3. The standard InChI is InChI=1S/C20H20N4O4S3/c1-13(2)29-20-23-22-19(30-20)21-18(25)17-12-24(15-10-6-7-11-16(15)28-17)31(26,27)14-8-4-3-5-9-14/h3-11,13,17H,12H2,1-2H3,(H,21,22,25)/t17-/m1/s1. The number of rotatable bonds is 6. The van der Waals surface area contributed by atoms with Gasteiger partial charge in [-0.2, -0.15) is 0 Å². The van der Waals surface area contributed by atoms with Crippen LogP contribution in [0.4, 0.5) is 10.8 Å². The van der Waals surface area contributed by atoms with Gasteiger partial charge in [0.15, 0.2) is 10.4 Å². The Morgan fingerprint density at radius 3 is 2.61 bits per heavy atom. The third-order valence-corrected chi connectivity index (χ3v) is 8.05. The molecule has 4 rings (SSSR count). The SMILES string of the molecule is CC(C)Sc1nnc(NC(=O)[C@H]2CN(S(=O)(=O)c3ccccc3)c3ccccc3O2)s1. The predicted octanol–water partition coefficient (Wildman–Crippen LogP) is 3.63. The van der Waals surface area contributed by atoms with Crippen molar-refractivity contribution in [2.45, 2.75) is 34.4 Å². The van der Waals surface area contributed by atoms with E-state index in [4.69, 9.17) is 4.74 Å². The normalized spacial score (nSPS) is 16.0. The van der Waals surface area contributed by atoms with Crippen molar-refractivity contribution in [2.75, 3.05) is 16.2 Å². The Labute approximate surface area is 188 Å². The van der Waals surface area contributed by atoms with Crippen LogP contribution >= 0.6 is 23.1 Å². The molecule has 0 bridgehead atoms. The Balaban J connectivity index is 1.59. The van der Waals surface area contributed by atoms with Crippen molar-refractivity contribution < 1.29 is 17.9 Å². The lowest BCUT2D eigenvalue weighted by atomic mass is 10.2. The molecule has 2 heterocycles. The highest BCUT2D eigenvalue weighted by Crippen LogP contribution is 2.37. The van der Waals surface area contributed by atoms with Crippen molar-refractivity contribution in [1.82, 2.24) is 10.2 Å². The first-order valence-electron chi connectivity index (χ1n) is 9.49. The number of sulfonamides is 1. The van der Waals surface area contributed by atoms with Crippen LogP contribution in [0, 0.1) is 0 Å². The number of amides is 1. The third kappa shape index (κ3) is 4.68. The first-order chi connectivity index (χ1) is 14.8. The van der Waals surface area contributed by atoms with Crippen LogP contribution in [0.1, 0.15) is 13.8 Å². The number of hydrogen-bond acceptors (Lipinski definition) is 8. The van der Waals surface area contributed by atoms with Crippen LogP contribution in [0.25, 0.3) is 0 Å². The minimum atomic E-state index is -3.88. The number of nitrogens with one attached hydrogen (secondary N) is 1. The molecule has 0 aliphatic carbocycles. The lowest BCUT2D eigenvalue weighted by molar-refractivity contribution is -0.122. The Bertz CT molecular complexity index is 1180.